The van der Waals surface area contributed by atoms with E-state index in [1.54, 1.807) is 6.07 Å². The van der Waals surface area contributed by atoms with Crippen LogP contribution in [0, 0.1) is 11.3 Å². The topological polar surface area (TPSA) is 73.2 Å². The van der Waals surface area contributed by atoms with Crippen LogP contribution < -0.4 is 34.7 Å². The van der Waals surface area contributed by atoms with E-state index in [1.807, 2.05) is 0 Å². The molecule has 0 aromatic heterocycles. The third kappa shape index (κ3) is 15.7. The molecule has 0 rings (SSSR count). The van der Waals surface area contributed by atoms with E-state index in [0.29, 0.717) is 0 Å². The van der Waals surface area contributed by atoms with E-state index in [-0.39, 0.29) is 36.0 Å². The van der Waals surface area contributed by atoms with E-state index in [1.165, 1.54) is 7.11 Å². The largest absolute Gasteiger partial charge is 1.00 e. The van der Waals surface area contributed by atoms with Crippen molar-refractivity contribution in [1.82, 2.24) is 0 Å². The number of ether oxygens (including phenoxy) is 1. The second-order valence-electron chi connectivity index (χ2n) is 0.911. The molecular formula is C5H8NNaO3. The molecular weight excluding hydrogens is 145 g/mol. The predicted molar refractivity (Wildman–Crippen MR) is 28.2 cm³/mol. The number of esters is 1. The third-order valence-electron chi connectivity index (χ3n) is 0.451. The molecule has 0 aliphatic carbocycles. The number of carbonyl (C=O) groups is 1. The number of hydrogen-bond acceptors (Lipinski definition) is 4. The fourth-order valence-corrected chi connectivity index (χ4v) is 0.137. The number of carbonyl (C=O) groups excluding carboxylic acids is 1. The van der Waals surface area contributed by atoms with Crippen molar-refractivity contribution in [2.45, 2.75) is 6.42 Å². The van der Waals surface area contributed by atoms with Crippen molar-refractivity contribution in [1.29, 1.82) is 5.26 Å². The Morgan fingerprint density at radius 1 is 1.70 bits per heavy atom. The molecule has 0 aliphatic rings. The Kier molecular flexibility index (Phi) is 26.3. The van der Waals surface area contributed by atoms with Crippen LogP contribution in [0.1, 0.15) is 6.42 Å². The van der Waals surface area contributed by atoms with Gasteiger partial charge in [-0.2, -0.15) is 12.4 Å². The molecule has 0 heterocycles. The molecule has 0 atom stereocenters. The van der Waals surface area contributed by atoms with Crippen molar-refractivity contribution < 1.29 is 44.2 Å². The summed E-state index contributed by atoms with van der Waals surface area (Å²) in [6, 6.07) is 1.64. The molecule has 0 bridgehead atoms. The summed E-state index contributed by atoms with van der Waals surface area (Å²) in [5.41, 5.74) is 0. The van der Waals surface area contributed by atoms with Gasteiger partial charge in [0.1, 0.15) is 6.42 Å². The number of hydrogen-bond donors (Lipinski definition) is 0. The van der Waals surface area contributed by atoms with Crippen LogP contribution in [0.2, 0.25) is 0 Å². The number of nitriles is 1. The fourth-order valence-electron chi connectivity index (χ4n) is 0.137. The average Bonchev–Trinajstić information content (AvgIpc) is 1.93. The Bertz CT molecular complexity index is 110. The normalized spacial score (nSPS) is 5.40. The van der Waals surface area contributed by atoms with E-state index >= 15 is 0 Å². The van der Waals surface area contributed by atoms with Crippen molar-refractivity contribution >= 4 is 5.97 Å². The molecule has 0 aliphatic heterocycles. The van der Waals surface area contributed by atoms with Gasteiger partial charge >= 0.3 is 35.5 Å². The summed E-state index contributed by atoms with van der Waals surface area (Å²) in [4.78, 5) is 9.97. The zero-order valence-electron chi connectivity index (χ0n) is 6.38. The second-order valence-corrected chi connectivity index (χ2v) is 0.911. The second kappa shape index (κ2) is 16.0. The van der Waals surface area contributed by atoms with Gasteiger partial charge in [0.15, 0.2) is 0 Å². The number of methoxy groups -OCH3 is 1. The van der Waals surface area contributed by atoms with E-state index in [2.05, 4.69) is 4.74 Å². The van der Waals surface area contributed by atoms with Gasteiger partial charge in [0, 0.05) is 0 Å². The van der Waals surface area contributed by atoms with Gasteiger partial charge in [-0.25, -0.2) is 0 Å². The maximum atomic E-state index is 9.97. The van der Waals surface area contributed by atoms with Crippen LogP contribution in [0.4, 0.5) is 0 Å². The SMILES string of the molecule is COC(=O)CC#N.C[O-].[Na+]. The molecule has 10 heavy (non-hydrogen) atoms. The van der Waals surface area contributed by atoms with E-state index in [4.69, 9.17) is 10.4 Å². The Morgan fingerprint density at radius 3 is 2.20 bits per heavy atom. The van der Waals surface area contributed by atoms with Crippen molar-refractivity contribution in [3.63, 3.8) is 0 Å². The summed E-state index contributed by atoms with van der Waals surface area (Å²) in [6.07, 6.45) is -0.156. The molecule has 0 unspecified atom stereocenters. The minimum Gasteiger partial charge on any atom is -0.857 e. The average molecular weight is 153 g/mol. The summed E-state index contributed by atoms with van der Waals surface area (Å²) in [7, 11) is 2.00. The Morgan fingerprint density at radius 2 is 2.10 bits per heavy atom. The van der Waals surface area contributed by atoms with Gasteiger partial charge in [-0.05, 0) is 0 Å². The smallest absolute Gasteiger partial charge is 0.857 e. The van der Waals surface area contributed by atoms with E-state index in [0.717, 1.165) is 7.11 Å². The van der Waals surface area contributed by atoms with Gasteiger partial charge < -0.3 is 9.84 Å². The van der Waals surface area contributed by atoms with Gasteiger partial charge in [-0.3, -0.25) is 4.79 Å². The zero-order valence-corrected chi connectivity index (χ0v) is 8.38. The molecule has 52 valence electrons. The van der Waals surface area contributed by atoms with Crippen LogP contribution >= 0.6 is 0 Å². The van der Waals surface area contributed by atoms with Gasteiger partial charge in [-0.15, -0.1) is 0 Å². The molecule has 0 aromatic rings. The van der Waals surface area contributed by atoms with Crippen molar-refractivity contribution in [2.24, 2.45) is 0 Å². The Labute approximate surface area is 82.1 Å². The molecule has 0 saturated heterocycles. The maximum Gasteiger partial charge on any atom is 1.00 e. The molecule has 0 fully saturated rings. The standard InChI is InChI=1S/C4H5NO2.CH3O.Na/c1-7-4(6)2-3-5;1-2;/h2H2,1H3;1H3;/q;-1;+1. The molecule has 0 radical (unpaired) electrons. The summed E-state index contributed by atoms with van der Waals surface area (Å²) in [5, 5.41) is 16.1. The Hall–Kier alpha value is -0.0800. The maximum absolute atomic E-state index is 9.97. The third-order valence-corrected chi connectivity index (χ3v) is 0.451. The molecule has 0 saturated carbocycles. The quantitative estimate of drug-likeness (QED) is 0.285. The van der Waals surface area contributed by atoms with Crippen LogP contribution in [-0.2, 0) is 9.53 Å². The summed E-state index contributed by atoms with van der Waals surface area (Å²) in [6.45, 7) is 0. The first kappa shape index (κ1) is 16.5. The predicted octanol–water partition coefficient (Wildman–Crippen LogP) is -3.95. The van der Waals surface area contributed by atoms with Crippen LogP contribution in [0.15, 0.2) is 0 Å². The summed E-state index contributed by atoms with van der Waals surface area (Å²) < 4.78 is 4.13. The van der Waals surface area contributed by atoms with Crippen molar-refractivity contribution in [3.05, 3.63) is 0 Å². The number of rotatable bonds is 1. The van der Waals surface area contributed by atoms with Gasteiger partial charge in [0.05, 0.1) is 13.2 Å². The van der Waals surface area contributed by atoms with Gasteiger partial charge in [-0.1, -0.05) is 0 Å². The zero-order chi connectivity index (χ0) is 7.70. The van der Waals surface area contributed by atoms with Gasteiger partial charge in [0.25, 0.3) is 0 Å². The molecule has 5 heteroatoms. The molecule has 0 amide bonds. The van der Waals surface area contributed by atoms with Gasteiger partial charge in [0.2, 0.25) is 0 Å². The van der Waals surface area contributed by atoms with E-state index in [9.17, 15) is 4.79 Å². The number of nitrogens with zero attached hydrogens (tertiary/aromatic N) is 1. The molecule has 4 nitrogen and oxygen atoms in total. The fraction of sp³-hybridized carbons (Fsp3) is 0.600. The molecule has 0 spiro atoms. The molecule has 0 aromatic carbocycles. The Balaban J connectivity index is -0.000000149. The monoisotopic (exact) mass is 153 g/mol. The summed E-state index contributed by atoms with van der Waals surface area (Å²) in [5.74, 6) is -0.484. The minimum atomic E-state index is -0.484. The van der Waals surface area contributed by atoms with Crippen LogP contribution in [0.25, 0.3) is 0 Å². The minimum absolute atomic E-state index is 0. The van der Waals surface area contributed by atoms with Crippen LogP contribution in [0.5, 0.6) is 0 Å². The molecule has 0 N–H and O–H groups in total. The van der Waals surface area contributed by atoms with Crippen molar-refractivity contribution in [2.75, 3.05) is 14.2 Å². The van der Waals surface area contributed by atoms with Crippen LogP contribution in [-0.4, -0.2) is 20.2 Å². The first-order valence-electron chi connectivity index (χ1n) is 2.16. The van der Waals surface area contributed by atoms with Crippen LogP contribution in [0.3, 0.4) is 0 Å². The first-order chi connectivity index (χ1) is 4.31. The van der Waals surface area contributed by atoms with Crippen molar-refractivity contribution in [3.8, 4) is 6.07 Å². The first-order valence-corrected chi connectivity index (χ1v) is 2.16. The summed E-state index contributed by atoms with van der Waals surface area (Å²) >= 11 is 0. The van der Waals surface area contributed by atoms with E-state index < -0.39 is 5.97 Å².